The topological polar surface area (TPSA) is 75.9 Å². The first-order chi connectivity index (χ1) is 12.6. The Kier molecular flexibility index (Phi) is 5.36. The van der Waals surface area contributed by atoms with Gasteiger partial charge in [-0.1, -0.05) is 30.3 Å². The number of rotatable bonds is 5. The van der Waals surface area contributed by atoms with E-state index in [9.17, 15) is 14.9 Å². The van der Waals surface area contributed by atoms with Crippen LogP contribution in [0.2, 0.25) is 0 Å². The van der Waals surface area contributed by atoms with Crippen molar-refractivity contribution in [2.45, 2.75) is 6.42 Å². The molecule has 2 aromatic rings. The van der Waals surface area contributed by atoms with Crippen LogP contribution in [-0.2, 0) is 11.2 Å². The molecule has 1 aliphatic heterocycles. The normalized spacial score (nSPS) is 14.2. The van der Waals surface area contributed by atoms with Crippen molar-refractivity contribution in [1.82, 2.24) is 4.90 Å². The first-order valence-electron chi connectivity index (χ1n) is 8.47. The Morgan fingerprint density at radius 2 is 1.81 bits per heavy atom. The number of piperazine rings is 1. The largest absolute Gasteiger partial charge is 0.496 e. The second-order valence-corrected chi connectivity index (χ2v) is 6.14. The zero-order valence-electron chi connectivity index (χ0n) is 14.6. The molecular weight excluding hydrogens is 334 g/mol. The van der Waals surface area contributed by atoms with Crippen molar-refractivity contribution < 1.29 is 14.5 Å². The number of hydrogen-bond donors (Lipinski definition) is 0. The third-order valence-electron chi connectivity index (χ3n) is 4.55. The first-order valence-corrected chi connectivity index (χ1v) is 8.47. The SMILES string of the molecule is COc1ccc(N2CCN(C(=O)Cc3ccccc3)CC2)c([N+](=O)[O-])c1. The second-order valence-electron chi connectivity index (χ2n) is 6.14. The summed E-state index contributed by atoms with van der Waals surface area (Å²) in [5, 5.41) is 11.4. The molecule has 0 spiro atoms. The Morgan fingerprint density at radius 1 is 1.12 bits per heavy atom. The number of nitro groups is 1. The van der Waals surface area contributed by atoms with Gasteiger partial charge in [-0.2, -0.15) is 0 Å². The Balaban J connectivity index is 1.65. The quantitative estimate of drug-likeness (QED) is 0.608. The molecule has 0 atom stereocenters. The number of amides is 1. The van der Waals surface area contributed by atoms with Crippen molar-refractivity contribution >= 4 is 17.3 Å². The molecule has 7 nitrogen and oxygen atoms in total. The van der Waals surface area contributed by atoms with Crippen LogP contribution in [0.4, 0.5) is 11.4 Å². The van der Waals surface area contributed by atoms with Crippen molar-refractivity contribution in [3.63, 3.8) is 0 Å². The van der Waals surface area contributed by atoms with Gasteiger partial charge in [0.15, 0.2) is 0 Å². The summed E-state index contributed by atoms with van der Waals surface area (Å²) >= 11 is 0. The molecule has 0 bridgehead atoms. The summed E-state index contributed by atoms with van der Waals surface area (Å²) in [4.78, 5) is 27.2. The molecule has 0 radical (unpaired) electrons. The van der Waals surface area contributed by atoms with Gasteiger partial charge in [-0.15, -0.1) is 0 Å². The Bertz CT molecular complexity index is 787. The van der Waals surface area contributed by atoms with E-state index < -0.39 is 4.92 Å². The number of methoxy groups -OCH3 is 1. The van der Waals surface area contributed by atoms with E-state index in [-0.39, 0.29) is 11.6 Å². The summed E-state index contributed by atoms with van der Waals surface area (Å²) in [5.41, 5.74) is 1.57. The van der Waals surface area contributed by atoms with Crippen molar-refractivity contribution in [2.75, 3.05) is 38.2 Å². The average molecular weight is 355 g/mol. The van der Waals surface area contributed by atoms with Gasteiger partial charge < -0.3 is 14.5 Å². The molecule has 136 valence electrons. The number of anilines is 1. The van der Waals surface area contributed by atoms with Crippen molar-refractivity contribution in [3.05, 3.63) is 64.2 Å². The predicted molar refractivity (Wildman–Crippen MR) is 98.6 cm³/mol. The van der Waals surface area contributed by atoms with Gasteiger partial charge in [-0.25, -0.2) is 0 Å². The molecule has 3 rings (SSSR count). The summed E-state index contributed by atoms with van der Waals surface area (Å²) < 4.78 is 5.08. The maximum Gasteiger partial charge on any atom is 0.296 e. The van der Waals surface area contributed by atoms with Gasteiger partial charge in [-0.3, -0.25) is 14.9 Å². The van der Waals surface area contributed by atoms with Crippen LogP contribution in [0.5, 0.6) is 5.75 Å². The number of nitrogens with zero attached hydrogens (tertiary/aromatic N) is 3. The molecule has 2 aromatic carbocycles. The van der Waals surface area contributed by atoms with Crippen molar-refractivity contribution in [1.29, 1.82) is 0 Å². The zero-order valence-corrected chi connectivity index (χ0v) is 14.6. The van der Waals surface area contributed by atoms with Crippen LogP contribution in [0.1, 0.15) is 5.56 Å². The summed E-state index contributed by atoms with van der Waals surface area (Å²) in [6.45, 7) is 2.23. The minimum atomic E-state index is -0.398. The van der Waals surface area contributed by atoms with E-state index in [0.717, 1.165) is 5.56 Å². The number of hydrogen-bond acceptors (Lipinski definition) is 5. The van der Waals surface area contributed by atoms with Crippen LogP contribution < -0.4 is 9.64 Å². The lowest BCUT2D eigenvalue weighted by molar-refractivity contribution is -0.384. The van der Waals surface area contributed by atoms with Gasteiger partial charge in [0.25, 0.3) is 5.69 Å². The van der Waals surface area contributed by atoms with Crippen LogP contribution in [0.25, 0.3) is 0 Å². The predicted octanol–water partition coefficient (Wildman–Crippen LogP) is 2.49. The van der Waals surface area contributed by atoms with Crippen LogP contribution >= 0.6 is 0 Å². The van der Waals surface area contributed by atoms with Crippen molar-refractivity contribution in [2.24, 2.45) is 0 Å². The number of carbonyl (C=O) groups is 1. The van der Waals surface area contributed by atoms with E-state index in [0.29, 0.717) is 44.0 Å². The van der Waals surface area contributed by atoms with Gasteiger partial charge in [-0.05, 0) is 17.7 Å². The van der Waals surface area contributed by atoms with Crippen LogP contribution in [0, 0.1) is 10.1 Å². The molecule has 1 amide bonds. The smallest absolute Gasteiger partial charge is 0.296 e. The molecule has 1 aliphatic rings. The number of benzene rings is 2. The minimum absolute atomic E-state index is 0.0217. The molecule has 7 heteroatoms. The molecule has 1 saturated heterocycles. The van der Waals surface area contributed by atoms with Crippen LogP contribution in [0.3, 0.4) is 0 Å². The maximum atomic E-state index is 12.5. The number of carbonyl (C=O) groups excluding carboxylic acids is 1. The van der Waals surface area contributed by atoms with Gasteiger partial charge in [0, 0.05) is 26.2 Å². The minimum Gasteiger partial charge on any atom is -0.496 e. The summed E-state index contributed by atoms with van der Waals surface area (Å²) in [5.74, 6) is 0.539. The molecular formula is C19H21N3O4. The van der Waals surface area contributed by atoms with E-state index in [1.807, 2.05) is 40.1 Å². The van der Waals surface area contributed by atoms with Crippen LogP contribution in [0.15, 0.2) is 48.5 Å². The highest BCUT2D eigenvalue weighted by molar-refractivity contribution is 5.79. The molecule has 0 aliphatic carbocycles. The van der Waals surface area contributed by atoms with Gasteiger partial charge in [0.05, 0.1) is 24.5 Å². The molecule has 1 heterocycles. The maximum absolute atomic E-state index is 12.5. The van der Waals surface area contributed by atoms with E-state index in [4.69, 9.17) is 4.74 Å². The molecule has 0 saturated carbocycles. The van der Waals surface area contributed by atoms with Crippen LogP contribution in [-0.4, -0.2) is 49.0 Å². The van der Waals surface area contributed by atoms with Gasteiger partial charge in [0.1, 0.15) is 11.4 Å². The summed E-state index contributed by atoms with van der Waals surface area (Å²) in [6.07, 6.45) is 0.378. The monoisotopic (exact) mass is 355 g/mol. The molecule has 0 N–H and O–H groups in total. The Labute approximate surface area is 151 Å². The fourth-order valence-electron chi connectivity index (χ4n) is 3.12. The fourth-order valence-corrected chi connectivity index (χ4v) is 3.12. The zero-order chi connectivity index (χ0) is 18.5. The van der Waals surface area contributed by atoms with Crippen molar-refractivity contribution in [3.8, 4) is 5.75 Å². The summed E-state index contributed by atoms with van der Waals surface area (Å²) in [7, 11) is 1.48. The van der Waals surface area contributed by atoms with E-state index >= 15 is 0 Å². The third kappa shape index (κ3) is 3.93. The molecule has 0 aromatic heterocycles. The Hall–Kier alpha value is -3.09. The standard InChI is InChI=1S/C19H21N3O4/c1-26-16-7-8-17(18(14-16)22(24)25)20-9-11-21(12-10-20)19(23)13-15-5-3-2-4-6-15/h2-8,14H,9-13H2,1H3. The fraction of sp³-hybridized carbons (Fsp3) is 0.316. The van der Waals surface area contributed by atoms with E-state index in [2.05, 4.69) is 0 Å². The number of nitro benzene ring substituents is 1. The highest BCUT2D eigenvalue weighted by Gasteiger charge is 2.26. The molecule has 26 heavy (non-hydrogen) atoms. The average Bonchev–Trinajstić information content (AvgIpc) is 2.68. The number of ether oxygens (including phenoxy) is 1. The van der Waals surface area contributed by atoms with Gasteiger partial charge >= 0.3 is 0 Å². The highest BCUT2D eigenvalue weighted by atomic mass is 16.6. The lowest BCUT2D eigenvalue weighted by Crippen LogP contribution is -2.49. The Morgan fingerprint density at radius 3 is 2.42 bits per heavy atom. The van der Waals surface area contributed by atoms with E-state index in [1.54, 1.807) is 12.1 Å². The first kappa shape index (κ1) is 17.7. The third-order valence-corrected chi connectivity index (χ3v) is 4.55. The molecule has 0 unspecified atom stereocenters. The van der Waals surface area contributed by atoms with E-state index in [1.165, 1.54) is 13.2 Å². The summed E-state index contributed by atoms with van der Waals surface area (Å²) in [6, 6.07) is 14.5. The highest BCUT2D eigenvalue weighted by Crippen LogP contribution is 2.32. The van der Waals surface area contributed by atoms with Gasteiger partial charge in [0.2, 0.25) is 5.91 Å². The molecule has 1 fully saturated rings. The second kappa shape index (κ2) is 7.86. The lowest BCUT2D eigenvalue weighted by Gasteiger charge is -2.36. The lowest BCUT2D eigenvalue weighted by atomic mass is 10.1.